The van der Waals surface area contributed by atoms with Gasteiger partial charge in [-0.3, -0.25) is 0 Å². The molecule has 0 spiro atoms. The van der Waals surface area contributed by atoms with Crippen molar-refractivity contribution in [3.63, 3.8) is 0 Å². The second-order valence-electron chi connectivity index (χ2n) is 3.18. The molecule has 0 aliphatic rings. The maximum absolute atomic E-state index is 6.11. The molecule has 78 valence electrons. The zero-order chi connectivity index (χ0) is 10.8. The van der Waals surface area contributed by atoms with Crippen LogP contribution in [0.25, 0.3) is 0 Å². The van der Waals surface area contributed by atoms with Crippen LogP contribution in [0, 0.1) is 0 Å². The highest BCUT2D eigenvalue weighted by Gasteiger charge is 2.13. The van der Waals surface area contributed by atoms with Crippen molar-refractivity contribution in [3.05, 3.63) is 56.9 Å². The van der Waals surface area contributed by atoms with Gasteiger partial charge in [0.15, 0.2) is 4.67 Å². The molecule has 2 N–H and O–H groups in total. The largest absolute Gasteiger partial charge is 0.457 e. The van der Waals surface area contributed by atoms with E-state index in [1.165, 1.54) is 0 Å². The van der Waals surface area contributed by atoms with Crippen LogP contribution < -0.4 is 5.73 Å². The Hall–Kier alpha value is -0.580. The maximum Gasteiger partial charge on any atom is 0.174 e. The summed E-state index contributed by atoms with van der Waals surface area (Å²) in [6.45, 7) is 0. The smallest absolute Gasteiger partial charge is 0.174 e. The van der Waals surface area contributed by atoms with Gasteiger partial charge in [0.25, 0.3) is 0 Å². The first-order chi connectivity index (χ1) is 7.18. The van der Waals surface area contributed by atoms with E-state index in [4.69, 9.17) is 10.2 Å². The van der Waals surface area contributed by atoms with Crippen LogP contribution in [0.3, 0.4) is 0 Å². The average Bonchev–Trinajstić information content (AvgIpc) is 2.65. The van der Waals surface area contributed by atoms with E-state index in [9.17, 15) is 0 Å². The van der Waals surface area contributed by atoms with E-state index in [-0.39, 0.29) is 6.04 Å². The Morgan fingerprint density at radius 2 is 1.73 bits per heavy atom. The van der Waals surface area contributed by atoms with Crippen LogP contribution in [0.5, 0.6) is 0 Å². The summed E-state index contributed by atoms with van der Waals surface area (Å²) >= 11 is 6.71. The van der Waals surface area contributed by atoms with Gasteiger partial charge in [-0.2, -0.15) is 0 Å². The highest BCUT2D eigenvalue weighted by atomic mass is 79.9. The Morgan fingerprint density at radius 3 is 2.27 bits per heavy atom. The van der Waals surface area contributed by atoms with Crippen molar-refractivity contribution in [2.24, 2.45) is 5.73 Å². The van der Waals surface area contributed by atoms with E-state index in [0.29, 0.717) is 4.67 Å². The summed E-state index contributed by atoms with van der Waals surface area (Å²) in [6, 6.07) is 9.65. The van der Waals surface area contributed by atoms with Gasteiger partial charge in [-0.05, 0) is 39.7 Å². The molecular formula is C11H9Br2NO. The van der Waals surface area contributed by atoms with E-state index in [1.807, 2.05) is 30.3 Å². The lowest BCUT2D eigenvalue weighted by Gasteiger charge is -2.10. The number of hydrogen-bond acceptors (Lipinski definition) is 2. The number of hydrogen-bond donors (Lipinski definition) is 1. The molecule has 0 aliphatic carbocycles. The Balaban J connectivity index is 2.32. The molecule has 0 bridgehead atoms. The quantitative estimate of drug-likeness (QED) is 0.908. The third-order valence-electron chi connectivity index (χ3n) is 2.21. The summed E-state index contributed by atoms with van der Waals surface area (Å²) in [7, 11) is 0. The Morgan fingerprint density at radius 1 is 1.07 bits per heavy atom. The second-order valence-corrected chi connectivity index (χ2v) is 4.81. The molecular weight excluding hydrogens is 322 g/mol. The van der Waals surface area contributed by atoms with Crippen molar-refractivity contribution in [2.45, 2.75) is 6.04 Å². The Labute approximate surface area is 105 Å². The van der Waals surface area contributed by atoms with Gasteiger partial charge in [0.05, 0.1) is 12.3 Å². The molecule has 4 heteroatoms. The predicted octanol–water partition coefficient (Wildman–Crippen LogP) is 3.85. The van der Waals surface area contributed by atoms with Crippen LogP contribution in [0.4, 0.5) is 0 Å². The number of nitrogens with two attached hydrogens (primary N) is 1. The van der Waals surface area contributed by atoms with Gasteiger partial charge in [-0.15, -0.1) is 0 Å². The van der Waals surface area contributed by atoms with E-state index >= 15 is 0 Å². The SMILES string of the molecule is NC(c1ccc(Br)cc1)c1ccoc1Br. The van der Waals surface area contributed by atoms with Gasteiger partial charge < -0.3 is 10.2 Å². The molecule has 2 rings (SSSR count). The summed E-state index contributed by atoms with van der Waals surface area (Å²) in [5.41, 5.74) is 8.12. The van der Waals surface area contributed by atoms with Crippen LogP contribution in [0.2, 0.25) is 0 Å². The maximum atomic E-state index is 6.11. The molecule has 0 amide bonds. The fourth-order valence-electron chi connectivity index (χ4n) is 1.38. The van der Waals surface area contributed by atoms with E-state index in [2.05, 4.69) is 31.9 Å². The van der Waals surface area contributed by atoms with Gasteiger partial charge in [-0.25, -0.2) is 0 Å². The fourth-order valence-corrected chi connectivity index (χ4v) is 2.13. The first-order valence-electron chi connectivity index (χ1n) is 4.42. The normalized spacial score (nSPS) is 12.7. The summed E-state index contributed by atoms with van der Waals surface area (Å²) < 4.78 is 6.90. The number of halogens is 2. The molecule has 0 aliphatic heterocycles. The number of furan rings is 1. The summed E-state index contributed by atoms with van der Waals surface area (Å²) in [5.74, 6) is 0. The van der Waals surface area contributed by atoms with E-state index in [1.54, 1.807) is 6.26 Å². The first kappa shape index (κ1) is 10.9. The molecule has 0 saturated carbocycles. The summed E-state index contributed by atoms with van der Waals surface area (Å²) in [4.78, 5) is 0. The fraction of sp³-hybridized carbons (Fsp3) is 0.0909. The van der Waals surface area contributed by atoms with Crippen molar-refractivity contribution >= 4 is 31.9 Å². The van der Waals surface area contributed by atoms with Gasteiger partial charge in [-0.1, -0.05) is 28.1 Å². The minimum Gasteiger partial charge on any atom is -0.457 e. The molecule has 1 heterocycles. The minimum absolute atomic E-state index is 0.161. The van der Waals surface area contributed by atoms with Crippen molar-refractivity contribution in [1.82, 2.24) is 0 Å². The first-order valence-corrected chi connectivity index (χ1v) is 6.01. The summed E-state index contributed by atoms with van der Waals surface area (Å²) in [5, 5.41) is 0. The lowest BCUT2D eigenvalue weighted by atomic mass is 10.0. The minimum atomic E-state index is -0.161. The van der Waals surface area contributed by atoms with Crippen LogP contribution >= 0.6 is 31.9 Å². The average molecular weight is 331 g/mol. The molecule has 1 unspecified atom stereocenters. The monoisotopic (exact) mass is 329 g/mol. The second kappa shape index (κ2) is 4.51. The molecule has 2 nitrogen and oxygen atoms in total. The van der Waals surface area contributed by atoms with Crippen LogP contribution in [0.1, 0.15) is 17.2 Å². The lowest BCUT2D eigenvalue weighted by molar-refractivity contribution is 0.534. The number of benzene rings is 1. The molecule has 0 radical (unpaired) electrons. The van der Waals surface area contributed by atoms with Crippen LogP contribution in [-0.4, -0.2) is 0 Å². The Bertz CT molecular complexity index is 450. The third kappa shape index (κ3) is 2.33. The lowest BCUT2D eigenvalue weighted by Crippen LogP contribution is -2.11. The van der Waals surface area contributed by atoms with Crippen LogP contribution in [0.15, 0.2) is 50.2 Å². The highest BCUT2D eigenvalue weighted by Crippen LogP contribution is 2.28. The standard InChI is InChI=1S/C11H9Br2NO/c12-8-3-1-7(2-4-8)10(14)9-5-6-15-11(9)13/h1-6,10H,14H2. The van der Waals surface area contributed by atoms with Gasteiger partial charge >= 0.3 is 0 Å². The van der Waals surface area contributed by atoms with Gasteiger partial charge in [0, 0.05) is 10.0 Å². The molecule has 2 aromatic rings. The zero-order valence-corrected chi connectivity index (χ0v) is 11.0. The molecule has 0 saturated heterocycles. The predicted molar refractivity (Wildman–Crippen MR) is 66.6 cm³/mol. The van der Waals surface area contributed by atoms with Crippen molar-refractivity contribution in [3.8, 4) is 0 Å². The highest BCUT2D eigenvalue weighted by molar-refractivity contribution is 9.10. The summed E-state index contributed by atoms with van der Waals surface area (Å²) in [6.07, 6.45) is 1.62. The molecule has 1 atom stereocenters. The number of rotatable bonds is 2. The van der Waals surface area contributed by atoms with Crippen LogP contribution in [-0.2, 0) is 0 Å². The third-order valence-corrected chi connectivity index (χ3v) is 3.38. The van der Waals surface area contributed by atoms with Gasteiger partial charge in [0.1, 0.15) is 0 Å². The van der Waals surface area contributed by atoms with Crippen molar-refractivity contribution in [2.75, 3.05) is 0 Å². The molecule has 15 heavy (non-hydrogen) atoms. The van der Waals surface area contributed by atoms with E-state index < -0.39 is 0 Å². The molecule has 1 aromatic carbocycles. The topological polar surface area (TPSA) is 39.2 Å². The Kier molecular flexibility index (Phi) is 3.29. The van der Waals surface area contributed by atoms with Crippen molar-refractivity contribution < 1.29 is 4.42 Å². The van der Waals surface area contributed by atoms with Gasteiger partial charge in [0.2, 0.25) is 0 Å². The van der Waals surface area contributed by atoms with Crippen molar-refractivity contribution in [1.29, 1.82) is 0 Å². The zero-order valence-electron chi connectivity index (χ0n) is 7.78. The molecule has 1 aromatic heterocycles. The molecule has 0 fully saturated rings. The van der Waals surface area contributed by atoms with E-state index in [0.717, 1.165) is 15.6 Å².